The Morgan fingerprint density at radius 2 is 2.07 bits per heavy atom. The summed E-state index contributed by atoms with van der Waals surface area (Å²) in [6.45, 7) is 3.68. The maximum atomic E-state index is 10.5. The fraction of sp³-hybridized carbons (Fsp3) is 0.667. The van der Waals surface area contributed by atoms with Crippen molar-refractivity contribution in [1.29, 1.82) is 0 Å². The van der Waals surface area contributed by atoms with Gasteiger partial charge in [0.25, 0.3) is 0 Å². The zero-order chi connectivity index (χ0) is 11.2. The van der Waals surface area contributed by atoms with Gasteiger partial charge in [-0.1, -0.05) is 6.58 Å². The molecule has 6 heteroatoms. The van der Waals surface area contributed by atoms with Gasteiger partial charge in [-0.2, -0.15) is 4.89 Å². The molecule has 1 atom stereocenters. The lowest BCUT2D eigenvalue weighted by atomic mass is 10.3. The number of hydrogen-bond acceptors (Lipinski definition) is 4. The van der Waals surface area contributed by atoms with Gasteiger partial charge < -0.3 is 33.6 Å². The molecule has 0 aromatic carbocycles. The van der Waals surface area contributed by atoms with Crippen LogP contribution in [0.15, 0.2) is 12.7 Å². The van der Waals surface area contributed by atoms with Crippen LogP contribution in [0.3, 0.4) is 0 Å². The van der Waals surface area contributed by atoms with E-state index in [9.17, 15) is 9.90 Å². The molecule has 0 saturated carbocycles. The molecule has 15 heavy (non-hydrogen) atoms. The van der Waals surface area contributed by atoms with Gasteiger partial charge in [0.05, 0.1) is 21.1 Å². The van der Waals surface area contributed by atoms with E-state index in [2.05, 4.69) is 16.4 Å². The third-order valence-electron chi connectivity index (χ3n) is 1.33. The van der Waals surface area contributed by atoms with Crippen LogP contribution in [0.25, 0.3) is 0 Å². The fourth-order valence-electron chi connectivity index (χ4n) is 0.890. The highest BCUT2D eigenvalue weighted by Crippen LogP contribution is 1.96. The van der Waals surface area contributed by atoms with Crippen molar-refractivity contribution >= 4 is 5.97 Å². The van der Waals surface area contributed by atoms with Crippen molar-refractivity contribution in [3.8, 4) is 0 Å². The molecule has 0 spiro atoms. The molecule has 0 fully saturated rings. The van der Waals surface area contributed by atoms with Gasteiger partial charge in [0.1, 0.15) is 19.3 Å². The molecular formula is C9H18INO4. The van der Waals surface area contributed by atoms with Gasteiger partial charge in [0, 0.05) is 6.08 Å². The summed E-state index contributed by atoms with van der Waals surface area (Å²) in [7, 11) is 5.83. The summed E-state index contributed by atoms with van der Waals surface area (Å²) in [5, 5.41) is 9.41. The predicted octanol–water partition coefficient (Wildman–Crippen LogP) is -3.28. The fourth-order valence-corrected chi connectivity index (χ4v) is 0.890. The number of aliphatic hydroxyl groups is 1. The molecule has 1 unspecified atom stereocenters. The Morgan fingerprint density at radius 1 is 1.53 bits per heavy atom. The van der Waals surface area contributed by atoms with Crippen molar-refractivity contribution in [1.82, 2.24) is 0 Å². The van der Waals surface area contributed by atoms with Crippen molar-refractivity contribution in [3.05, 3.63) is 12.7 Å². The van der Waals surface area contributed by atoms with Crippen LogP contribution < -0.4 is 24.0 Å². The summed E-state index contributed by atoms with van der Waals surface area (Å²) < 4.78 is 0.611. The standard InChI is InChI=1S/C9H18NO4.HI/c1-5-9(12)14-13-7-8(11)6-10(2,3)4;/h5,8,11H,1,6-7H2,2-4H3;1H/q+1;/p-1. The van der Waals surface area contributed by atoms with Gasteiger partial charge in [-0.3, -0.25) is 4.89 Å². The molecule has 0 aliphatic carbocycles. The van der Waals surface area contributed by atoms with Crippen molar-refractivity contribution in [2.45, 2.75) is 6.10 Å². The first-order chi connectivity index (χ1) is 6.35. The monoisotopic (exact) mass is 331 g/mol. The van der Waals surface area contributed by atoms with E-state index >= 15 is 0 Å². The number of hydrogen-bond donors (Lipinski definition) is 1. The lowest BCUT2D eigenvalue weighted by molar-refractivity contribution is -0.873. The number of likely N-dealkylation sites (N-methyl/N-ethyl adjacent to an activating group) is 1. The van der Waals surface area contributed by atoms with Crippen molar-refractivity contribution in [3.63, 3.8) is 0 Å². The highest BCUT2D eigenvalue weighted by molar-refractivity contribution is 5.80. The molecule has 0 aliphatic heterocycles. The lowest BCUT2D eigenvalue weighted by Gasteiger charge is -2.26. The average molecular weight is 331 g/mol. The summed E-state index contributed by atoms with van der Waals surface area (Å²) >= 11 is 0. The highest BCUT2D eigenvalue weighted by Gasteiger charge is 2.16. The van der Waals surface area contributed by atoms with Crippen LogP contribution in [0.5, 0.6) is 0 Å². The van der Waals surface area contributed by atoms with Crippen molar-refractivity contribution in [2.24, 2.45) is 0 Å². The molecule has 0 amide bonds. The number of rotatable bonds is 6. The van der Waals surface area contributed by atoms with Crippen LogP contribution in [0.4, 0.5) is 0 Å². The van der Waals surface area contributed by atoms with E-state index in [4.69, 9.17) is 0 Å². The maximum Gasteiger partial charge on any atom is 0.365 e. The largest absolute Gasteiger partial charge is 1.00 e. The van der Waals surface area contributed by atoms with E-state index in [1.165, 1.54) is 0 Å². The Bertz CT molecular complexity index is 203. The van der Waals surface area contributed by atoms with Gasteiger partial charge in [-0.25, -0.2) is 4.79 Å². The van der Waals surface area contributed by atoms with E-state index < -0.39 is 12.1 Å². The lowest BCUT2D eigenvalue weighted by Crippen LogP contribution is -3.00. The van der Waals surface area contributed by atoms with Gasteiger partial charge >= 0.3 is 5.97 Å². The number of nitrogens with zero attached hydrogens (tertiary/aromatic N) is 1. The van der Waals surface area contributed by atoms with E-state index in [0.29, 0.717) is 11.0 Å². The Morgan fingerprint density at radius 3 is 2.47 bits per heavy atom. The first-order valence-corrected chi connectivity index (χ1v) is 4.29. The number of carbonyl (C=O) groups excluding carboxylic acids is 1. The van der Waals surface area contributed by atoms with Crippen molar-refractivity contribution in [2.75, 3.05) is 34.3 Å². The second-order valence-electron chi connectivity index (χ2n) is 4.02. The maximum absolute atomic E-state index is 10.5. The quantitative estimate of drug-likeness (QED) is 0.182. The van der Waals surface area contributed by atoms with Gasteiger partial charge in [0.15, 0.2) is 0 Å². The van der Waals surface area contributed by atoms with Crippen molar-refractivity contribution < 1.29 is 48.1 Å². The molecule has 0 saturated heterocycles. The van der Waals surface area contributed by atoms with Crippen LogP contribution in [0.1, 0.15) is 0 Å². The third kappa shape index (κ3) is 11.7. The first kappa shape index (κ1) is 17.2. The number of halogens is 1. The van der Waals surface area contributed by atoms with Crippen LogP contribution in [0.2, 0.25) is 0 Å². The molecule has 5 nitrogen and oxygen atoms in total. The van der Waals surface area contributed by atoms with Gasteiger partial charge in [-0.05, 0) is 0 Å². The third-order valence-corrected chi connectivity index (χ3v) is 1.33. The minimum atomic E-state index is -0.664. The highest BCUT2D eigenvalue weighted by atomic mass is 127. The van der Waals surface area contributed by atoms with E-state index in [1.54, 1.807) is 0 Å². The molecule has 0 radical (unpaired) electrons. The van der Waals surface area contributed by atoms with Gasteiger partial charge in [-0.15, -0.1) is 0 Å². The zero-order valence-corrected chi connectivity index (χ0v) is 11.4. The van der Waals surface area contributed by atoms with Crippen LogP contribution >= 0.6 is 0 Å². The molecule has 1 N–H and O–H groups in total. The van der Waals surface area contributed by atoms with Crippen LogP contribution in [-0.2, 0) is 14.6 Å². The Balaban J connectivity index is 0. The molecule has 0 bridgehead atoms. The normalized spacial score (nSPS) is 12.5. The van der Waals surface area contributed by atoms with E-state index in [-0.39, 0.29) is 30.6 Å². The number of quaternary nitrogens is 1. The smallest absolute Gasteiger partial charge is 0.365 e. The Kier molecular flexibility index (Phi) is 9.22. The first-order valence-electron chi connectivity index (χ1n) is 4.29. The van der Waals surface area contributed by atoms with Crippen LogP contribution in [0, 0.1) is 0 Å². The average Bonchev–Trinajstić information content (AvgIpc) is 2.00. The summed E-state index contributed by atoms with van der Waals surface area (Å²) in [6.07, 6.45) is 0.333. The SMILES string of the molecule is C=CC(=O)OOCC(O)C[N+](C)(C)C.[I-]. The molecule has 0 aromatic rings. The molecule has 0 rings (SSSR count). The summed E-state index contributed by atoms with van der Waals surface area (Å²) in [5.74, 6) is -0.664. The number of aliphatic hydroxyl groups excluding tert-OH is 1. The predicted molar refractivity (Wildman–Crippen MR) is 51.1 cm³/mol. The summed E-state index contributed by atoms with van der Waals surface area (Å²) in [5.41, 5.74) is 0. The molecule has 90 valence electrons. The minimum Gasteiger partial charge on any atom is -1.00 e. The summed E-state index contributed by atoms with van der Waals surface area (Å²) in [4.78, 5) is 19.3. The summed E-state index contributed by atoms with van der Waals surface area (Å²) in [6, 6.07) is 0. The minimum absolute atomic E-state index is 0. The molecule has 0 aliphatic rings. The topological polar surface area (TPSA) is 55.8 Å². The van der Waals surface area contributed by atoms with Crippen LogP contribution in [-0.4, -0.2) is 56.0 Å². The number of carbonyl (C=O) groups is 1. The molecule has 0 heterocycles. The second kappa shape index (κ2) is 8.03. The zero-order valence-electron chi connectivity index (χ0n) is 9.27. The van der Waals surface area contributed by atoms with E-state index in [0.717, 1.165) is 6.08 Å². The Hall–Kier alpha value is -0.180. The van der Waals surface area contributed by atoms with E-state index in [1.807, 2.05) is 21.1 Å². The van der Waals surface area contributed by atoms with Gasteiger partial charge in [0.2, 0.25) is 0 Å². The second-order valence-corrected chi connectivity index (χ2v) is 4.02. The Labute approximate surface area is 107 Å². The molecular weight excluding hydrogens is 313 g/mol. The molecule has 0 aromatic heterocycles.